The molecule has 1 aromatic carbocycles. The number of carbonyl (C=O) groups is 1. The second-order valence-electron chi connectivity index (χ2n) is 5.17. The summed E-state index contributed by atoms with van der Waals surface area (Å²) < 4.78 is 22.2. The van der Waals surface area contributed by atoms with Gasteiger partial charge in [0.1, 0.15) is 0 Å². The van der Waals surface area contributed by atoms with Gasteiger partial charge in [-0.1, -0.05) is 0 Å². The fraction of sp³-hybridized carbons (Fsp3) is 0.462. The third-order valence-electron chi connectivity index (χ3n) is 3.59. The SMILES string of the molecule is NC1CCC(C(=O)Nc2ccc(S(N)(=O)=O)cc2)CC1. The Morgan fingerprint density at radius 3 is 2.15 bits per heavy atom. The highest BCUT2D eigenvalue weighted by molar-refractivity contribution is 7.89. The molecule has 0 unspecified atom stereocenters. The van der Waals surface area contributed by atoms with Gasteiger partial charge in [0.05, 0.1) is 4.90 Å². The van der Waals surface area contributed by atoms with E-state index in [9.17, 15) is 13.2 Å². The Morgan fingerprint density at radius 2 is 1.65 bits per heavy atom. The first kappa shape index (κ1) is 15.0. The van der Waals surface area contributed by atoms with E-state index >= 15 is 0 Å². The van der Waals surface area contributed by atoms with Crippen molar-refractivity contribution < 1.29 is 13.2 Å². The summed E-state index contributed by atoms with van der Waals surface area (Å²) in [6.07, 6.45) is 3.31. The largest absolute Gasteiger partial charge is 0.328 e. The van der Waals surface area contributed by atoms with Gasteiger partial charge in [0.15, 0.2) is 0 Å². The van der Waals surface area contributed by atoms with Crippen LogP contribution in [0, 0.1) is 5.92 Å². The van der Waals surface area contributed by atoms with Crippen LogP contribution in [0.15, 0.2) is 29.2 Å². The molecule has 1 aliphatic rings. The first-order valence-corrected chi connectivity index (χ1v) is 8.10. The molecule has 0 aliphatic heterocycles. The molecule has 7 heteroatoms. The number of nitrogens with two attached hydrogens (primary N) is 2. The monoisotopic (exact) mass is 297 g/mol. The minimum absolute atomic E-state index is 0.0206. The Bertz CT molecular complexity index is 575. The molecule has 0 heterocycles. The summed E-state index contributed by atoms with van der Waals surface area (Å²) in [6.45, 7) is 0. The molecule has 20 heavy (non-hydrogen) atoms. The van der Waals surface area contributed by atoms with Gasteiger partial charge in [0, 0.05) is 17.6 Å². The minimum Gasteiger partial charge on any atom is -0.328 e. The van der Waals surface area contributed by atoms with Crippen LogP contribution in [0.4, 0.5) is 5.69 Å². The minimum atomic E-state index is -3.70. The number of amides is 1. The Morgan fingerprint density at radius 1 is 1.10 bits per heavy atom. The van der Waals surface area contributed by atoms with E-state index in [1.807, 2.05) is 0 Å². The molecule has 0 aromatic heterocycles. The maximum atomic E-state index is 12.1. The fourth-order valence-electron chi connectivity index (χ4n) is 2.35. The smallest absolute Gasteiger partial charge is 0.238 e. The van der Waals surface area contributed by atoms with Crippen LogP contribution in [-0.4, -0.2) is 20.4 Å². The number of sulfonamides is 1. The van der Waals surface area contributed by atoms with Crippen molar-refractivity contribution in [3.8, 4) is 0 Å². The van der Waals surface area contributed by atoms with Crippen LogP contribution < -0.4 is 16.2 Å². The molecule has 0 saturated heterocycles. The van der Waals surface area contributed by atoms with Crippen LogP contribution in [0.1, 0.15) is 25.7 Å². The topological polar surface area (TPSA) is 115 Å². The van der Waals surface area contributed by atoms with Crippen molar-refractivity contribution in [3.63, 3.8) is 0 Å². The molecular weight excluding hydrogens is 278 g/mol. The maximum Gasteiger partial charge on any atom is 0.238 e. The molecule has 1 saturated carbocycles. The zero-order chi connectivity index (χ0) is 14.8. The quantitative estimate of drug-likeness (QED) is 0.765. The molecule has 1 fully saturated rings. The van der Waals surface area contributed by atoms with Gasteiger partial charge in [-0.05, 0) is 49.9 Å². The predicted molar refractivity (Wildman–Crippen MR) is 76.4 cm³/mol. The Kier molecular flexibility index (Phi) is 4.42. The van der Waals surface area contributed by atoms with Gasteiger partial charge < -0.3 is 11.1 Å². The van der Waals surface area contributed by atoms with Crippen molar-refractivity contribution in [1.29, 1.82) is 0 Å². The molecule has 1 aromatic rings. The number of benzene rings is 1. The zero-order valence-electron chi connectivity index (χ0n) is 11.1. The third kappa shape index (κ3) is 3.78. The van der Waals surface area contributed by atoms with E-state index in [2.05, 4.69) is 5.32 Å². The van der Waals surface area contributed by atoms with Gasteiger partial charge >= 0.3 is 0 Å². The normalized spacial score (nSPS) is 23.3. The van der Waals surface area contributed by atoms with Crippen molar-refractivity contribution in [3.05, 3.63) is 24.3 Å². The highest BCUT2D eigenvalue weighted by Crippen LogP contribution is 2.24. The van der Waals surface area contributed by atoms with E-state index < -0.39 is 10.0 Å². The lowest BCUT2D eigenvalue weighted by Gasteiger charge is -2.25. The predicted octanol–water partition coefficient (Wildman–Crippen LogP) is 0.790. The summed E-state index contributed by atoms with van der Waals surface area (Å²) in [4.78, 5) is 12.1. The molecule has 0 bridgehead atoms. The molecule has 1 amide bonds. The van der Waals surface area contributed by atoms with E-state index in [0.717, 1.165) is 25.7 Å². The summed E-state index contributed by atoms with van der Waals surface area (Å²) in [5, 5.41) is 7.80. The molecule has 0 spiro atoms. The van der Waals surface area contributed by atoms with E-state index in [4.69, 9.17) is 10.9 Å². The Labute approximate surface area is 118 Å². The van der Waals surface area contributed by atoms with E-state index in [-0.39, 0.29) is 22.8 Å². The Balaban J connectivity index is 1.98. The average Bonchev–Trinajstić information content (AvgIpc) is 2.39. The van der Waals surface area contributed by atoms with Crippen LogP contribution in [0.2, 0.25) is 0 Å². The van der Waals surface area contributed by atoms with Crippen LogP contribution in [0.3, 0.4) is 0 Å². The van der Waals surface area contributed by atoms with Gasteiger partial charge in [-0.15, -0.1) is 0 Å². The number of hydrogen-bond donors (Lipinski definition) is 3. The number of carbonyl (C=O) groups excluding carboxylic acids is 1. The molecule has 0 radical (unpaired) electrons. The standard InChI is InChI=1S/C13H19N3O3S/c14-10-3-1-9(2-4-10)13(17)16-11-5-7-12(8-6-11)20(15,18)19/h5-10H,1-4,14H2,(H,16,17)(H2,15,18,19). The Hall–Kier alpha value is -1.44. The second kappa shape index (κ2) is 5.90. The molecule has 0 atom stereocenters. The summed E-state index contributed by atoms with van der Waals surface area (Å²) in [5.41, 5.74) is 6.37. The van der Waals surface area contributed by atoms with E-state index in [1.165, 1.54) is 24.3 Å². The van der Waals surface area contributed by atoms with E-state index in [1.54, 1.807) is 0 Å². The van der Waals surface area contributed by atoms with Crippen molar-refractivity contribution >= 4 is 21.6 Å². The fourth-order valence-corrected chi connectivity index (χ4v) is 2.87. The number of anilines is 1. The van der Waals surface area contributed by atoms with Crippen molar-refractivity contribution in [2.45, 2.75) is 36.6 Å². The van der Waals surface area contributed by atoms with Gasteiger partial charge in [0.2, 0.25) is 15.9 Å². The van der Waals surface area contributed by atoms with Gasteiger partial charge in [-0.25, -0.2) is 13.6 Å². The van der Waals surface area contributed by atoms with Crippen LogP contribution >= 0.6 is 0 Å². The molecular formula is C13H19N3O3S. The first-order valence-electron chi connectivity index (χ1n) is 6.55. The summed E-state index contributed by atoms with van der Waals surface area (Å²) in [6, 6.07) is 6.02. The number of rotatable bonds is 3. The van der Waals surface area contributed by atoms with Crippen molar-refractivity contribution in [2.75, 3.05) is 5.32 Å². The first-order chi connectivity index (χ1) is 9.36. The highest BCUT2D eigenvalue weighted by atomic mass is 32.2. The van der Waals surface area contributed by atoms with Crippen LogP contribution in [0.25, 0.3) is 0 Å². The van der Waals surface area contributed by atoms with Gasteiger partial charge in [0.25, 0.3) is 0 Å². The highest BCUT2D eigenvalue weighted by Gasteiger charge is 2.24. The number of primary sulfonamides is 1. The van der Waals surface area contributed by atoms with Gasteiger partial charge in [-0.2, -0.15) is 0 Å². The van der Waals surface area contributed by atoms with Crippen LogP contribution in [0.5, 0.6) is 0 Å². The summed E-state index contributed by atoms with van der Waals surface area (Å²) in [5.74, 6) is -0.0621. The maximum absolute atomic E-state index is 12.1. The molecule has 2 rings (SSSR count). The zero-order valence-corrected chi connectivity index (χ0v) is 11.9. The summed E-state index contributed by atoms with van der Waals surface area (Å²) in [7, 11) is -3.70. The molecule has 1 aliphatic carbocycles. The number of hydrogen-bond acceptors (Lipinski definition) is 4. The summed E-state index contributed by atoms with van der Waals surface area (Å²) >= 11 is 0. The molecule has 110 valence electrons. The average molecular weight is 297 g/mol. The lowest BCUT2D eigenvalue weighted by atomic mass is 9.86. The molecule has 6 nitrogen and oxygen atoms in total. The number of nitrogens with one attached hydrogen (secondary N) is 1. The van der Waals surface area contributed by atoms with Crippen LogP contribution in [-0.2, 0) is 14.8 Å². The van der Waals surface area contributed by atoms with E-state index in [0.29, 0.717) is 5.69 Å². The van der Waals surface area contributed by atoms with Crippen molar-refractivity contribution in [1.82, 2.24) is 0 Å². The van der Waals surface area contributed by atoms with Crippen molar-refractivity contribution in [2.24, 2.45) is 16.8 Å². The third-order valence-corrected chi connectivity index (χ3v) is 4.52. The second-order valence-corrected chi connectivity index (χ2v) is 6.73. The lowest BCUT2D eigenvalue weighted by molar-refractivity contribution is -0.120. The van der Waals surface area contributed by atoms with Gasteiger partial charge in [-0.3, -0.25) is 4.79 Å². The lowest BCUT2D eigenvalue weighted by Crippen LogP contribution is -2.32. The molecule has 5 N–H and O–H groups in total.